The lowest BCUT2D eigenvalue weighted by Crippen LogP contribution is -2.37. The summed E-state index contributed by atoms with van der Waals surface area (Å²) in [6.45, 7) is 3.69. The number of methoxy groups -OCH3 is 1. The first-order valence-corrected chi connectivity index (χ1v) is 10.7. The lowest BCUT2D eigenvalue weighted by Gasteiger charge is -2.36. The number of halogens is 3. The minimum Gasteiger partial charge on any atom is -0.493 e. The molecule has 0 unspecified atom stereocenters. The summed E-state index contributed by atoms with van der Waals surface area (Å²) < 4.78 is 46.5. The number of imidazole rings is 1. The molecule has 2 aromatic heterocycles. The van der Waals surface area contributed by atoms with Gasteiger partial charge in [-0.05, 0) is 57.6 Å². The molecule has 0 saturated heterocycles. The van der Waals surface area contributed by atoms with Crippen molar-refractivity contribution in [2.24, 2.45) is 5.92 Å². The zero-order valence-electron chi connectivity index (χ0n) is 18.3. The smallest absolute Gasteiger partial charge is 0.416 e. The normalized spacial score (nSPS) is 19.8. The molecule has 0 spiro atoms. The molecule has 2 heterocycles. The summed E-state index contributed by atoms with van der Waals surface area (Å²) in [4.78, 5) is 4.32. The molecule has 9 heteroatoms. The SMILES string of the molecule is COc1cc(NC2CCC(C(C)(C)O)CC2)nn2c(-c3cccc(C(F)(F)F)c3)cnc12. The second-order valence-electron chi connectivity index (χ2n) is 8.90. The van der Waals surface area contributed by atoms with E-state index in [0.717, 1.165) is 37.8 Å². The Hall–Kier alpha value is -2.81. The number of aliphatic hydroxyl groups is 1. The van der Waals surface area contributed by atoms with E-state index < -0.39 is 17.3 Å². The van der Waals surface area contributed by atoms with Gasteiger partial charge in [-0.3, -0.25) is 0 Å². The van der Waals surface area contributed by atoms with Gasteiger partial charge in [0.1, 0.15) is 0 Å². The Morgan fingerprint density at radius 2 is 1.84 bits per heavy atom. The van der Waals surface area contributed by atoms with Gasteiger partial charge >= 0.3 is 6.18 Å². The fourth-order valence-electron chi connectivity index (χ4n) is 4.37. The van der Waals surface area contributed by atoms with E-state index in [4.69, 9.17) is 4.74 Å². The lowest BCUT2D eigenvalue weighted by molar-refractivity contribution is -0.137. The van der Waals surface area contributed by atoms with Gasteiger partial charge < -0.3 is 15.2 Å². The van der Waals surface area contributed by atoms with Crippen molar-refractivity contribution in [2.75, 3.05) is 12.4 Å². The monoisotopic (exact) mass is 448 g/mol. The Balaban J connectivity index is 1.64. The van der Waals surface area contributed by atoms with E-state index in [0.29, 0.717) is 28.5 Å². The van der Waals surface area contributed by atoms with Crippen LogP contribution in [0.1, 0.15) is 45.1 Å². The van der Waals surface area contributed by atoms with Crippen LogP contribution in [-0.4, -0.2) is 38.5 Å². The van der Waals surface area contributed by atoms with Crippen LogP contribution < -0.4 is 10.1 Å². The second kappa shape index (κ2) is 8.27. The molecule has 172 valence electrons. The Labute approximate surface area is 184 Å². The molecule has 0 radical (unpaired) electrons. The minimum atomic E-state index is -4.43. The third-order valence-electron chi connectivity index (χ3n) is 6.22. The zero-order chi connectivity index (χ0) is 23.1. The van der Waals surface area contributed by atoms with Crippen molar-refractivity contribution in [1.29, 1.82) is 0 Å². The van der Waals surface area contributed by atoms with E-state index in [-0.39, 0.29) is 12.0 Å². The van der Waals surface area contributed by atoms with Crippen LogP contribution in [0.25, 0.3) is 16.9 Å². The first-order chi connectivity index (χ1) is 15.1. The van der Waals surface area contributed by atoms with Crippen LogP contribution in [0.4, 0.5) is 19.0 Å². The predicted molar refractivity (Wildman–Crippen MR) is 116 cm³/mol. The van der Waals surface area contributed by atoms with Crippen molar-refractivity contribution in [3.63, 3.8) is 0 Å². The maximum absolute atomic E-state index is 13.2. The minimum absolute atomic E-state index is 0.184. The molecule has 1 aliphatic carbocycles. The largest absolute Gasteiger partial charge is 0.493 e. The summed E-state index contributed by atoms with van der Waals surface area (Å²) in [7, 11) is 1.52. The number of alkyl halides is 3. The van der Waals surface area contributed by atoms with Crippen LogP contribution in [0, 0.1) is 5.92 Å². The van der Waals surface area contributed by atoms with E-state index in [1.807, 2.05) is 13.8 Å². The number of aromatic nitrogens is 3. The summed E-state index contributed by atoms with van der Waals surface area (Å²) in [6, 6.07) is 7.04. The van der Waals surface area contributed by atoms with E-state index in [2.05, 4.69) is 15.4 Å². The van der Waals surface area contributed by atoms with Crippen molar-refractivity contribution in [3.8, 4) is 17.0 Å². The molecule has 0 aliphatic heterocycles. The molecule has 1 fully saturated rings. The summed E-state index contributed by atoms with van der Waals surface area (Å²) >= 11 is 0. The highest BCUT2D eigenvalue weighted by molar-refractivity contribution is 5.68. The first-order valence-electron chi connectivity index (χ1n) is 10.7. The van der Waals surface area contributed by atoms with Gasteiger partial charge in [0.2, 0.25) is 0 Å². The predicted octanol–water partition coefficient (Wildman–Crippen LogP) is 5.17. The van der Waals surface area contributed by atoms with Crippen molar-refractivity contribution in [2.45, 2.75) is 57.3 Å². The van der Waals surface area contributed by atoms with Gasteiger partial charge in [0, 0.05) is 17.7 Å². The van der Waals surface area contributed by atoms with Crippen LogP contribution in [0.3, 0.4) is 0 Å². The molecule has 1 aliphatic rings. The third-order valence-corrected chi connectivity index (χ3v) is 6.22. The quantitative estimate of drug-likeness (QED) is 0.564. The van der Waals surface area contributed by atoms with Crippen LogP contribution >= 0.6 is 0 Å². The number of fused-ring (bicyclic) bond motifs is 1. The maximum atomic E-state index is 13.2. The number of ether oxygens (including phenoxy) is 1. The molecule has 6 nitrogen and oxygen atoms in total. The van der Waals surface area contributed by atoms with Gasteiger partial charge in [-0.15, -0.1) is 5.10 Å². The fourth-order valence-corrected chi connectivity index (χ4v) is 4.37. The highest BCUT2D eigenvalue weighted by Gasteiger charge is 2.32. The average Bonchev–Trinajstić information content (AvgIpc) is 3.16. The Morgan fingerprint density at radius 3 is 2.47 bits per heavy atom. The maximum Gasteiger partial charge on any atom is 0.416 e. The summed E-state index contributed by atoms with van der Waals surface area (Å²) in [5.41, 5.74) is -0.184. The molecule has 3 aromatic rings. The molecular weight excluding hydrogens is 421 g/mol. The number of anilines is 1. The highest BCUT2D eigenvalue weighted by atomic mass is 19.4. The second-order valence-corrected chi connectivity index (χ2v) is 8.90. The van der Waals surface area contributed by atoms with E-state index in [1.54, 1.807) is 12.1 Å². The van der Waals surface area contributed by atoms with E-state index in [1.165, 1.54) is 23.9 Å². The van der Waals surface area contributed by atoms with Gasteiger partial charge in [0.15, 0.2) is 17.2 Å². The van der Waals surface area contributed by atoms with Crippen LogP contribution in [0.2, 0.25) is 0 Å². The molecular formula is C23H27F3N4O2. The molecule has 32 heavy (non-hydrogen) atoms. The molecule has 0 bridgehead atoms. The molecule has 1 aromatic carbocycles. The highest BCUT2D eigenvalue weighted by Crippen LogP contribution is 2.35. The molecule has 2 N–H and O–H groups in total. The summed E-state index contributed by atoms with van der Waals surface area (Å²) in [5.74, 6) is 1.30. The van der Waals surface area contributed by atoms with Crippen molar-refractivity contribution < 1.29 is 23.0 Å². The van der Waals surface area contributed by atoms with Crippen molar-refractivity contribution in [1.82, 2.24) is 14.6 Å². The fraction of sp³-hybridized carbons (Fsp3) is 0.478. The van der Waals surface area contributed by atoms with Gasteiger partial charge in [-0.2, -0.15) is 13.2 Å². The number of nitrogens with one attached hydrogen (secondary N) is 1. The number of nitrogens with zero attached hydrogens (tertiary/aromatic N) is 3. The summed E-state index contributed by atoms with van der Waals surface area (Å²) in [6.07, 6.45) is 0.652. The summed E-state index contributed by atoms with van der Waals surface area (Å²) in [5, 5.41) is 18.3. The van der Waals surface area contributed by atoms with Crippen LogP contribution in [-0.2, 0) is 6.18 Å². The standard InChI is InChI=1S/C23H27F3N4O2/c1-22(2,31)15-7-9-17(10-8-15)28-20-12-19(32-3)21-27-13-18(30(21)29-20)14-5-4-6-16(11-14)23(24,25)26/h4-6,11-13,15,17,31H,7-10H2,1-3H3,(H,28,29). The van der Waals surface area contributed by atoms with Crippen LogP contribution in [0.15, 0.2) is 36.5 Å². The number of hydrogen-bond acceptors (Lipinski definition) is 5. The lowest BCUT2D eigenvalue weighted by atomic mass is 9.77. The topological polar surface area (TPSA) is 71.7 Å². The van der Waals surface area contributed by atoms with Gasteiger partial charge in [0.25, 0.3) is 0 Å². The Bertz CT molecular complexity index is 1100. The number of rotatable bonds is 5. The molecule has 0 amide bonds. The van der Waals surface area contributed by atoms with E-state index >= 15 is 0 Å². The number of hydrogen-bond donors (Lipinski definition) is 2. The van der Waals surface area contributed by atoms with Gasteiger partial charge in [-0.25, -0.2) is 9.50 Å². The molecule has 4 rings (SSSR count). The third kappa shape index (κ3) is 4.53. The van der Waals surface area contributed by atoms with E-state index in [9.17, 15) is 18.3 Å². The molecule has 0 atom stereocenters. The Morgan fingerprint density at radius 1 is 1.12 bits per heavy atom. The van der Waals surface area contributed by atoms with Crippen molar-refractivity contribution in [3.05, 3.63) is 42.1 Å². The average molecular weight is 448 g/mol. The van der Waals surface area contributed by atoms with Gasteiger partial charge in [-0.1, -0.05) is 12.1 Å². The first kappa shape index (κ1) is 22.4. The number of benzene rings is 1. The molecule has 1 saturated carbocycles. The van der Waals surface area contributed by atoms with Crippen molar-refractivity contribution >= 4 is 11.5 Å². The zero-order valence-corrected chi connectivity index (χ0v) is 18.3. The van der Waals surface area contributed by atoms with Gasteiger partial charge in [0.05, 0.1) is 30.2 Å². The Kier molecular flexibility index (Phi) is 5.79. The van der Waals surface area contributed by atoms with Crippen LogP contribution in [0.5, 0.6) is 5.75 Å².